The highest BCUT2D eigenvalue weighted by Gasteiger charge is 2.35. The molecule has 0 heterocycles. The molecule has 1 amide bonds. The predicted octanol–water partition coefficient (Wildman–Crippen LogP) is 3.36. The van der Waals surface area contributed by atoms with Crippen LogP contribution in [0.3, 0.4) is 0 Å². The lowest BCUT2D eigenvalue weighted by Crippen LogP contribution is -2.41. The minimum absolute atomic E-state index is 0. The van der Waals surface area contributed by atoms with E-state index in [2.05, 4.69) is 12.2 Å². The summed E-state index contributed by atoms with van der Waals surface area (Å²) in [7, 11) is 0. The molecule has 0 spiro atoms. The van der Waals surface area contributed by atoms with E-state index in [4.69, 9.17) is 5.73 Å². The molecule has 0 saturated heterocycles. The molecule has 3 N–H and O–H groups in total. The minimum Gasteiger partial charge on any atom is -0.349 e. The maximum absolute atomic E-state index is 14.0. The zero-order valence-electron chi connectivity index (χ0n) is 13.6. The summed E-state index contributed by atoms with van der Waals surface area (Å²) in [6.45, 7) is 2.71. The van der Waals surface area contributed by atoms with E-state index in [0.29, 0.717) is 18.4 Å². The molecule has 1 saturated carbocycles. The average molecular weight is 341 g/mol. The second-order valence-corrected chi connectivity index (χ2v) is 6.84. The van der Waals surface area contributed by atoms with Gasteiger partial charge in [-0.2, -0.15) is 0 Å². The Labute approximate surface area is 143 Å². The third-order valence-corrected chi connectivity index (χ3v) is 5.51. The fourth-order valence-electron chi connectivity index (χ4n) is 4.12. The number of nitrogens with two attached hydrogens (primary N) is 1. The van der Waals surface area contributed by atoms with E-state index < -0.39 is 0 Å². The summed E-state index contributed by atoms with van der Waals surface area (Å²) in [5.74, 6) is 0.601. The van der Waals surface area contributed by atoms with Crippen molar-refractivity contribution in [2.75, 3.05) is 6.54 Å². The average Bonchev–Trinajstić information content (AvgIpc) is 2.99. The highest BCUT2D eigenvalue weighted by Crippen LogP contribution is 2.37. The minimum atomic E-state index is -0.149. The van der Waals surface area contributed by atoms with Crippen molar-refractivity contribution >= 4 is 18.3 Å². The van der Waals surface area contributed by atoms with Gasteiger partial charge in [0.15, 0.2) is 0 Å². The fourth-order valence-corrected chi connectivity index (χ4v) is 4.12. The zero-order chi connectivity index (χ0) is 15.7. The van der Waals surface area contributed by atoms with Crippen molar-refractivity contribution in [2.45, 2.75) is 45.1 Å². The van der Waals surface area contributed by atoms with E-state index in [-0.39, 0.29) is 36.1 Å². The van der Waals surface area contributed by atoms with Gasteiger partial charge >= 0.3 is 0 Å². The van der Waals surface area contributed by atoms with Gasteiger partial charge in [-0.25, -0.2) is 4.39 Å². The van der Waals surface area contributed by atoms with Crippen molar-refractivity contribution in [3.05, 3.63) is 35.1 Å². The van der Waals surface area contributed by atoms with E-state index >= 15 is 0 Å². The number of benzene rings is 1. The highest BCUT2D eigenvalue weighted by atomic mass is 35.5. The van der Waals surface area contributed by atoms with Crippen molar-refractivity contribution in [3.63, 3.8) is 0 Å². The van der Waals surface area contributed by atoms with Gasteiger partial charge in [-0.1, -0.05) is 25.5 Å². The predicted molar refractivity (Wildman–Crippen MR) is 91.9 cm³/mol. The number of fused-ring (bicyclic) bond motifs is 1. The quantitative estimate of drug-likeness (QED) is 0.886. The molecule has 1 aromatic carbocycles. The Kier molecular flexibility index (Phi) is 6.04. The Morgan fingerprint density at radius 1 is 1.35 bits per heavy atom. The first-order chi connectivity index (χ1) is 10.6. The number of amides is 1. The Morgan fingerprint density at radius 3 is 2.87 bits per heavy atom. The first-order valence-electron chi connectivity index (χ1n) is 8.39. The standard InChI is InChI=1S/C18H25FN2O.ClH/c1-11-8-9-14-15(6-3-7-16(14)19)17(11)21-18(22)13-5-2-4-12(13)10-20;/h3,6-7,11-13,17H,2,4-5,8-10,20H2,1H3,(H,21,22);1H/t11?,12-,13-,17?;/m1./s1. The van der Waals surface area contributed by atoms with Gasteiger partial charge in [0.2, 0.25) is 5.91 Å². The lowest BCUT2D eigenvalue weighted by Gasteiger charge is -2.33. The molecule has 2 aliphatic rings. The molecular formula is C18H26ClFN2O. The van der Waals surface area contributed by atoms with Gasteiger partial charge in [0.05, 0.1) is 6.04 Å². The summed E-state index contributed by atoms with van der Waals surface area (Å²) in [4.78, 5) is 12.7. The summed E-state index contributed by atoms with van der Waals surface area (Å²) < 4.78 is 14.0. The second-order valence-electron chi connectivity index (χ2n) is 6.84. The molecule has 0 radical (unpaired) electrons. The van der Waals surface area contributed by atoms with Crippen LogP contribution in [-0.4, -0.2) is 12.5 Å². The largest absolute Gasteiger partial charge is 0.349 e. The van der Waals surface area contributed by atoms with Gasteiger partial charge in [0, 0.05) is 5.92 Å². The highest BCUT2D eigenvalue weighted by molar-refractivity contribution is 5.85. The molecule has 0 aromatic heterocycles. The summed E-state index contributed by atoms with van der Waals surface area (Å²) in [5, 5.41) is 3.20. The molecule has 3 rings (SSSR count). The first kappa shape index (κ1) is 18.2. The number of halogens is 2. The Balaban J connectivity index is 0.00000192. The SMILES string of the molecule is CC1CCc2c(F)cccc2C1NC(=O)[C@@H]1CCC[C@@H]1CN.Cl. The number of rotatable bonds is 3. The van der Waals surface area contributed by atoms with Crippen molar-refractivity contribution in [1.82, 2.24) is 5.32 Å². The van der Waals surface area contributed by atoms with Gasteiger partial charge < -0.3 is 11.1 Å². The summed E-state index contributed by atoms with van der Waals surface area (Å²) in [6, 6.07) is 5.12. The van der Waals surface area contributed by atoms with Crippen LogP contribution in [0, 0.1) is 23.6 Å². The molecule has 3 nitrogen and oxygen atoms in total. The molecule has 23 heavy (non-hydrogen) atoms. The number of hydrogen-bond donors (Lipinski definition) is 2. The van der Waals surface area contributed by atoms with Crippen LogP contribution in [0.5, 0.6) is 0 Å². The smallest absolute Gasteiger partial charge is 0.223 e. The van der Waals surface area contributed by atoms with Crippen LogP contribution in [0.25, 0.3) is 0 Å². The van der Waals surface area contributed by atoms with E-state index in [1.54, 1.807) is 6.07 Å². The molecule has 5 heteroatoms. The van der Waals surface area contributed by atoms with Gasteiger partial charge in [0.25, 0.3) is 0 Å². The number of hydrogen-bond acceptors (Lipinski definition) is 2. The second kappa shape index (κ2) is 7.63. The Morgan fingerprint density at radius 2 is 2.13 bits per heavy atom. The van der Waals surface area contributed by atoms with Gasteiger partial charge in [-0.3, -0.25) is 4.79 Å². The number of carbonyl (C=O) groups is 1. The van der Waals surface area contributed by atoms with E-state index in [1.165, 1.54) is 6.07 Å². The normalized spacial score (nSPS) is 29.5. The molecule has 2 aliphatic carbocycles. The van der Waals surface area contributed by atoms with E-state index in [9.17, 15) is 9.18 Å². The maximum Gasteiger partial charge on any atom is 0.223 e. The van der Waals surface area contributed by atoms with Gasteiger partial charge in [-0.05, 0) is 61.3 Å². The van der Waals surface area contributed by atoms with Crippen molar-refractivity contribution in [2.24, 2.45) is 23.5 Å². The number of carbonyl (C=O) groups excluding carboxylic acids is 1. The van der Waals surface area contributed by atoms with Gasteiger partial charge in [0.1, 0.15) is 5.82 Å². The monoisotopic (exact) mass is 340 g/mol. The molecule has 0 bridgehead atoms. The summed E-state index contributed by atoms with van der Waals surface area (Å²) in [5.41, 5.74) is 7.51. The first-order valence-corrected chi connectivity index (χ1v) is 8.39. The third-order valence-electron chi connectivity index (χ3n) is 5.51. The maximum atomic E-state index is 14.0. The van der Waals surface area contributed by atoms with Crippen LogP contribution in [0.1, 0.15) is 49.8 Å². The molecular weight excluding hydrogens is 315 g/mol. The van der Waals surface area contributed by atoms with E-state index in [1.807, 2.05) is 6.07 Å². The Bertz CT molecular complexity index is 566. The summed E-state index contributed by atoms with van der Waals surface area (Å²) >= 11 is 0. The molecule has 128 valence electrons. The fraction of sp³-hybridized carbons (Fsp3) is 0.611. The number of nitrogens with one attached hydrogen (secondary N) is 1. The van der Waals surface area contributed by atoms with Gasteiger partial charge in [-0.15, -0.1) is 12.4 Å². The van der Waals surface area contributed by atoms with Crippen LogP contribution in [0.4, 0.5) is 4.39 Å². The van der Waals surface area contributed by atoms with E-state index in [0.717, 1.165) is 43.2 Å². The van der Waals surface area contributed by atoms with Crippen LogP contribution < -0.4 is 11.1 Å². The molecule has 4 atom stereocenters. The third kappa shape index (κ3) is 3.53. The molecule has 2 unspecified atom stereocenters. The van der Waals surface area contributed by atoms with Crippen molar-refractivity contribution < 1.29 is 9.18 Å². The van der Waals surface area contributed by atoms with Crippen LogP contribution >= 0.6 is 12.4 Å². The van der Waals surface area contributed by atoms with Crippen LogP contribution in [0.2, 0.25) is 0 Å². The van der Waals surface area contributed by atoms with Crippen molar-refractivity contribution in [1.29, 1.82) is 0 Å². The Hall–Kier alpha value is -1.13. The van der Waals surface area contributed by atoms with Crippen LogP contribution in [0.15, 0.2) is 18.2 Å². The summed E-state index contributed by atoms with van der Waals surface area (Å²) in [6.07, 6.45) is 4.70. The lowest BCUT2D eigenvalue weighted by atomic mass is 9.80. The zero-order valence-corrected chi connectivity index (χ0v) is 14.4. The molecule has 0 aliphatic heterocycles. The lowest BCUT2D eigenvalue weighted by molar-refractivity contribution is -0.127. The molecule has 1 fully saturated rings. The van der Waals surface area contributed by atoms with Crippen molar-refractivity contribution in [3.8, 4) is 0 Å². The van der Waals surface area contributed by atoms with Crippen LogP contribution in [-0.2, 0) is 11.2 Å². The topological polar surface area (TPSA) is 55.1 Å². The molecule has 1 aromatic rings.